The van der Waals surface area contributed by atoms with Crippen molar-refractivity contribution in [2.45, 2.75) is 44.8 Å². The first-order valence-electron chi connectivity index (χ1n) is 7.26. The Labute approximate surface area is 125 Å². The molecule has 0 saturated heterocycles. The van der Waals surface area contributed by atoms with Gasteiger partial charge in [-0.3, -0.25) is 10.1 Å². The average molecular weight is 287 g/mol. The van der Waals surface area contributed by atoms with E-state index in [1.807, 2.05) is 44.2 Å². The van der Waals surface area contributed by atoms with Crippen LogP contribution >= 0.6 is 0 Å². The van der Waals surface area contributed by atoms with Gasteiger partial charge in [0.15, 0.2) is 6.61 Å². The van der Waals surface area contributed by atoms with E-state index in [-0.39, 0.29) is 24.6 Å². The number of hydrogen-bond acceptors (Lipinski definition) is 4. The monoisotopic (exact) mass is 287 g/mol. The number of nitrogens with zero attached hydrogens (tertiary/aromatic N) is 1. The van der Waals surface area contributed by atoms with Crippen LogP contribution < -0.4 is 15.4 Å². The van der Waals surface area contributed by atoms with Crippen LogP contribution in [0.25, 0.3) is 0 Å². The molecule has 1 aromatic rings. The first kappa shape index (κ1) is 15.3. The molecule has 1 amide bonds. The number of benzene rings is 1. The van der Waals surface area contributed by atoms with Crippen LogP contribution in [-0.2, 0) is 4.79 Å². The molecule has 2 unspecified atom stereocenters. The molecule has 0 aliphatic heterocycles. The zero-order valence-corrected chi connectivity index (χ0v) is 12.4. The molecule has 1 aliphatic carbocycles. The van der Waals surface area contributed by atoms with E-state index in [1.54, 1.807) is 0 Å². The van der Waals surface area contributed by atoms with Crippen LogP contribution in [0.5, 0.6) is 5.75 Å². The lowest BCUT2D eigenvalue weighted by Crippen LogP contribution is -2.43. The summed E-state index contributed by atoms with van der Waals surface area (Å²) in [6.07, 6.45) is 2.19. The fourth-order valence-corrected chi connectivity index (χ4v) is 2.07. The number of rotatable bonds is 7. The summed E-state index contributed by atoms with van der Waals surface area (Å²) >= 11 is 0. The summed E-state index contributed by atoms with van der Waals surface area (Å²) in [6, 6.07) is 9.70. The zero-order chi connectivity index (χ0) is 15.2. The normalized spacial score (nSPS) is 16.6. The van der Waals surface area contributed by atoms with Crippen LogP contribution in [0, 0.1) is 11.3 Å². The maximum atomic E-state index is 11.9. The molecule has 5 nitrogen and oxygen atoms in total. The Bertz CT molecular complexity index is 517. The van der Waals surface area contributed by atoms with Gasteiger partial charge >= 0.3 is 0 Å². The quantitative estimate of drug-likeness (QED) is 0.803. The van der Waals surface area contributed by atoms with Crippen molar-refractivity contribution in [1.29, 1.82) is 5.26 Å². The number of carbonyl (C=O) groups excluding carboxylic acids is 1. The van der Waals surface area contributed by atoms with Crippen LogP contribution in [0.4, 0.5) is 0 Å². The first-order valence-corrected chi connectivity index (χ1v) is 7.26. The molecule has 1 aromatic carbocycles. The predicted octanol–water partition coefficient (Wildman–Crippen LogP) is 1.91. The fraction of sp³-hybridized carbons (Fsp3) is 0.500. The van der Waals surface area contributed by atoms with Gasteiger partial charge < -0.3 is 10.1 Å². The summed E-state index contributed by atoms with van der Waals surface area (Å²) < 4.78 is 5.21. The van der Waals surface area contributed by atoms with Crippen LogP contribution in [0.15, 0.2) is 24.3 Å². The van der Waals surface area contributed by atoms with Crippen molar-refractivity contribution in [3.63, 3.8) is 0 Å². The minimum absolute atomic E-state index is 0.0471. The van der Waals surface area contributed by atoms with Crippen LogP contribution in [-0.4, -0.2) is 24.6 Å². The second-order valence-electron chi connectivity index (χ2n) is 5.41. The summed E-state index contributed by atoms with van der Waals surface area (Å²) in [5, 5.41) is 14.7. The molecule has 0 spiro atoms. The number of nitrogens with one attached hydrogen (secondary N) is 2. The number of amides is 1. The molecule has 112 valence electrons. The van der Waals surface area contributed by atoms with Gasteiger partial charge in [0.05, 0.1) is 6.04 Å². The van der Waals surface area contributed by atoms with Gasteiger partial charge in [-0.05, 0) is 44.4 Å². The average Bonchev–Trinajstić information content (AvgIpc) is 3.29. The summed E-state index contributed by atoms with van der Waals surface area (Å²) in [7, 11) is 0. The van der Waals surface area contributed by atoms with E-state index in [2.05, 4.69) is 10.6 Å². The Balaban J connectivity index is 1.85. The van der Waals surface area contributed by atoms with Crippen molar-refractivity contribution in [3.8, 4) is 11.8 Å². The smallest absolute Gasteiger partial charge is 0.237 e. The number of nitriles is 1. The van der Waals surface area contributed by atoms with Crippen molar-refractivity contribution < 1.29 is 9.53 Å². The maximum absolute atomic E-state index is 11.9. The molecule has 5 heteroatoms. The van der Waals surface area contributed by atoms with Gasteiger partial charge in [0.25, 0.3) is 0 Å². The number of carbonyl (C=O) groups is 1. The molecule has 1 aliphatic rings. The van der Waals surface area contributed by atoms with Crippen LogP contribution in [0.3, 0.4) is 0 Å². The second-order valence-corrected chi connectivity index (χ2v) is 5.41. The third-order valence-corrected chi connectivity index (χ3v) is 3.50. The van der Waals surface area contributed by atoms with Gasteiger partial charge in [0.2, 0.25) is 5.91 Å². The third kappa shape index (κ3) is 4.76. The van der Waals surface area contributed by atoms with E-state index in [0.717, 1.165) is 18.4 Å². The molecule has 1 saturated carbocycles. The fourth-order valence-electron chi connectivity index (χ4n) is 2.07. The highest BCUT2D eigenvalue weighted by molar-refractivity contribution is 5.81. The molecule has 2 N–H and O–H groups in total. The summed E-state index contributed by atoms with van der Waals surface area (Å²) in [5.74, 6) is 0.727. The van der Waals surface area contributed by atoms with E-state index in [4.69, 9.17) is 10.00 Å². The van der Waals surface area contributed by atoms with Gasteiger partial charge in [0, 0.05) is 12.1 Å². The summed E-state index contributed by atoms with van der Waals surface area (Å²) in [5.41, 5.74) is 1.07. The highest BCUT2D eigenvalue weighted by Crippen LogP contribution is 2.20. The van der Waals surface area contributed by atoms with Crippen molar-refractivity contribution in [1.82, 2.24) is 10.6 Å². The second kappa shape index (κ2) is 7.09. The standard InChI is InChI=1S/C16H21N3O2/c1-11(18-12(2)16(20)19-14-5-6-14)13-3-7-15(8-4-13)21-10-9-17/h3-4,7-8,11-12,14,18H,5-6,10H2,1-2H3,(H,19,20). The van der Waals surface area contributed by atoms with Crippen molar-refractivity contribution in [2.75, 3.05) is 6.61 Å². The molecular formula is C16H21N3O2. The molecule has 2 rings (SSSR count). The van der Waals surface area contributed by atoms with Gasteiger partial charge in [-0.15, -0.1) is 0 Å². The van der Waals surface area contributed by atoms with E-state index >= 15 is 0 Å². The lowest BCUT2D eigenvalue weighted by molar-refractivity contribution is -0.123. The lowest BCUT2D eigenvalue weighted by atomic mass is 10.1. The van der Waals surface area contributed by atoms with Crippen molar-refractivity contribution in [2.24, 2.45) is 0 Å². The van der Waals surface area contributed by atoms with Gasteiger partial charge in [-0.2, -0.15) is 5.26 Å². The highest BCUT2D eigenvalue weighted by atomic mass is 16.5. The molecule has 21 heavy (non-hydrogen) atoms. The van der Waals surface area contributed by atoms with E-state index in [1.165, 1.54) is 0 Å². The predicted molar refractivity (Wildman–Crippen MR) is 79.7 cm³/mol. The van der Waals surface area contributed by atoms with Gasteiger partial charge in [0.1, 0.15) is 11.8 Å². The minimum atomic E-state index is -0.227. The van der Waals surface area contributed by atoms with Crippen molar-refractivity contribution in [3.05, 3.63) is 29.8 Å². The minimum Gasteiger partial charge on any atom is -0.479 e. The van der Waals surface area contributed by atoms with Gasteiger partial charge in [-0.25, -0.2) is 0 Å². The Morgan fingerprint density at radius 1 is 1.38 bits per heavy atom. The Kier molecular flexibility index (Phi) is 5.18. The first-order chi connectivity index (χ1) is 10.1. The highest BCUT2D eigenvalue weighted by Gasteiger charge is 2.26. The Hall–Kier alpha value is -2.06. The number of ether oxygens (including phenoxy) is 1. The molecule has 0 radical (unpaired) electrons. The van der Waals surface area contributed by atoms with Crippen LogP contribution in [0.1, 0.15) is 38.3 Å². The Morgan fingerprint density at radius 3 is 2.62 bits per heavy atom. The summed E-state index contributed by atoms with van der Waals surface area (Å²) in [4.78, 5) is 11.9. The van der Waals surface area contributed by atoms with Crippen molar-refractivity contribution >= 4 is 5.91 Å². The van der Waals surface area contributed by atoms with Crippen LogP contribution in [0.2, 0.25) is 0 Å². The van der Waals surface area contributed by atoms with E-state index in [0.29, 0.717) is 11.8 Å². The Morgan fingerprint density at radius 2 is 2.05 bits per heavy atom. The number of hydrogen-bond donors (Lipinski definition) is 2. The molecule has 1 fully saturated rings. The zero-order valence-electron chi connectivity index (χ0n) is 12.4. The van der Waals surface area contributed by atoms with E-state index < -0.39 is 0 Å². The molecule has 2 atom stereocenters. The topological polar surface area (TPSA) is 74.1 Å². The lowest BCUT2D eigenvalue weighted by Gasteiger charge is -2.20. The largest absolute Gasteiger partial charge is 0.479 e. The molecular weight excluding hydrogens is 266 g/mol. The maximum Gasteiger partial charge on any atom is 0.237 e. The molecule has 0 heterocycles. The summed E-state index contributed by atoms with van der Waals surface area (Å²) in [6.45, 7) is 3.94. The third-order valence-electron chi connectivity index (χ3n) is 3.50. The van der Waals surface area contributed by atoms with Gasteiger partial charge in [-0.1, -0.05) is 12.1 Å². The van der Waals surface area contributed by atoms with E-state index in [9.17, 15) is 4.79 Å². The molecule has 0 bridgehead atoms. The SMILES string of the molecule is CC(NC(C)c1ccc(OCC#N)cc1)C(=O)NC1CC1. The molecule has 0 aromatic heterocycles.